The fourth-order valence-electron chi connectivity index (χ4n) is 0.865. The summed E-state index contributed by atoms with van der Waals surface area (Å²) in [4.78, 5) is 10.2. The number of anilines is 1. The van der Waals surface area contributed by atoms with Crippen molar-refractivity contribution in [1.82, 2.24) is 0 Å². The van der Waals surface area contributed by atoms with Crippen molar-refractivity contribution in [2.75, 3.05) is 5.32 Å². The fraction of sp³-hybridized carbons (Fsp3) is 0.125. The first kappa shape index (κ1) is 9.55. The van der Waals surface area contributed by atoms with Gasteiger partial charge >= 0.3 is 0 Å². The topological polar surface area (TPSA) is 29.1 Å². The predicted molar refractivity (Wildman–Crippen MR) is 53.6 cm³/mol. The van der Waals surface area contributed by atoms with Crippen LogP contribution in [0.3, 0.4) is 0 Å². The van der Waals surface area contributed by atoms with Crippen molar-refractivity contribution in [3.8, 4) is 0 Å². The molecule has 0 aliphatic rings. The molecule has 1 N–H and O–H groups in total. The smallest absolute Gasteiger partial charge is 0.211 e. The van der Waals surface area contributed by atoms with Crippen LogP contribution in [-0.4, -0.2) is 6.41 Å². The van der Waals surface area contributed by atoms with Gasteiger partial charge in [0.15, 0.2) is 0 Å². The van der Waals surface area contributed by atoms with Crippen LogP contribution in [0.25, 0.3) is 0 Å². The van der Waals surface area contributed by atoms with Gasteiger partial charge in [-0.2, -0.15) is 0 Å². The van der Waals surface area contributed by atoms with Crippen molar-refractivity contribution >= 4 is 39.6 Å². The molecule has 4 heteroatoms. The molecule has 12 heavy (non-hydrogen) atoms. The zero-order valence-corrected chi connectivity index (χ0v) is 8.74. The van der Waals surface area contributed by atoms with Crippen LogP contribution in [0, 0.1) is 6.92 Å². The highest BCUT2D eigenvalue weighted by molar-refractivity contribution is 9.10. The van der Waals surface area contributed by atoms with Gasteiger partial charge in [-0.25, -0.2) is 0 Å². The lowest BCUT2D eigenvalue weighted by Gasteiger charge is -2.05. The Hall–Kier alpha value is -0.540. The molecule has 0 unspecified atom stereocenters. The van der Waals surface area contributed by atoms with Crippen LogP contribution in [0.15, 0.2) is 16.6 Å². The van der Waals surface area contributed by atoms with Crippen molar-refractivity contribution in [2.45, 2.75) is 6.92 Å². The molecule has 0 aromatic heterocycles. The second kappa shape index (κ2) is 3.92. The lowest BCUT2D eigenvalue weighted by atomic mass is 10.2. The molecule has 1 rings (SSSR count). The first-order valence-corrected chi connectivity index (χ1v) is 4.48. The van der Waals surface area contributed by atoms with E-state index in [1.165, 1.54) is 0 Å². The molecule has 2 nitrogen and oxygen atoms in total. The summed E-state index contributed by atoms with van der Waals surface area (Å²) in [5, 5.41) is 3.22. The summed E-state index contributed by atoms with van der Waals surface area (Å²) < 4.78 is 0.777. The summed E-state index contributed by atoms with van der Waals surface area (Å²) in [6.07, 6.45) is 0.642. The van der Waals surface area contributed by atoms with E-state index >= 15 is 0 Å². The van der Waals surface area contributed by atoms with Gasteiger partial charge in [0.25, 0.3) is 0 Å². The van der Waals surface area contributed by atoms with E-state index in [1.807, 2.05) is 6.92 Å². The number of hydrogen-bond donors (Lipinski definition) is 1. The maximum atomic E-state index is 10.2. The summed E-state index contributed by atoms with van der Waals surface area (Å²) in [5.74, 6) is 0. The quantitative estimate of drug-likeness (QED) is 0.801. The predicted octanol–water partition coefficient (Wildman–Crippen LogP) is 2.98. The zero-order chi connectivity index (χ0) is 9.14. The van der Waals surface area contributed by atoms with Crippen LogP contribution in [0.4, 0.5) is 5.69 Å². The van der Waals surface area contributed by atoms with E-state index in [9.17, 15) is 4.79 Å². The van der Waals surface area contributed by atoms with Gasteiger partial charge in [-0.15, -0.1) is 0 Å². The number of hydrogen-bond acceptors (Lipinski definition) is 1. The molecule has 64 valence electrons. The number of aryl methyl sites for hydroxylation is 1. The lowest BCUT2D eigenvalue weighted by molar-refractivity contribution is -0.105. The summed E-state index contributed by atoms with van der Waals surface area (Å²) in [6.45, 7) is 1.88. The van der Waals surface area contributed by atoms with E-state index < -0.39 is 0 Å². The Morgan fingerprint density at radius 3 is 2.83 bits per heavy atom. The van der Waals surface area contributed by atoms with Crippen molar-refractivity contribution in [3.63, 3.8) is 0 Å². The van der Waals surface area contributed by atoms with Crippen LogP contribution in [-0.2, 0) is 4.79 Å². The first-order valence-electron chi connectivity index (χ1n) is 3.31. The van der Waals surface area contributed by atoms with E-state index in [0.717, 1.165) is 15.7 Å². The summed E-state index contributed by atoms with van der Waals surface area (Å²) in [5.41, 5.74) is 1.71. The van der Waals surface area contributed by atoms with E-state index in [2.05, 4.69) is 21.2 Å². The monoisotopic (exact) mass is 247 g/mol. The van der Waals surface area contributed by atoms with Gasteiger partial charge in [0, 0.05) is 10.2 Å². The third-order valence-electron chi connectivity index (χ3n) is 1.48. The molecule has 1 aromatic rings. The molecular formula is C8H7BrClNO. The average Bonchev–Trinajstić information content (AvgIpc) is 2.01. The Labute approximate surface area is 84.0 Å². The van der Waals surface area contributed by atoms with Crippen LogP contribution in [0.2, 0.25) is 5.02 Å². The molecule has 0 aliphatic carbocycles. The molecule has 0 atom stereocenters. The normalized spacial score (nSPS) is 9.58. The highest BCUT2D eigenvalue weighted by Crippen LogP contribution is 2.28. The van der Waals surface area contributed by atoms with Crippen molar-refractivity contribution in [2.24, 2.45) is 0 Å². The maximum Gasteiger partial charge on any atom is 0.211 e. The zero-order valence-electron chi connectivity index (χ0n) is 6.40. The minimum atomic E-state index is 0.642. The number of carbonyl (C=O) groups is 1. The van der Waals surface area contributed by atoms with Gasteiger partial charge < -0.3 is 5.32 Å². The van der Waals surface area contributed by atoms with E-state index in [0.29, 0.717) is 11.4 Å². The Morgan fingerprint density at radius 2 is 2.25 bits per heavy atom. The second-order valence-electron chi connectivity index (χ2n) is 2.34. The molecule has 0 saturated heterocycles. The number of halogens is 2. The third kappa shape index (κ3) is 1.99. The summed E-state index contributed by atoms with van der Waals surface area (Å²) in [7, 11) is 0. The fourth-order valence-corrected chi connectivity index (χ4v) is 1.43. The van der Waals surface area contributed by atoms with Crippen molar-refractivity contribution in [3.05, 3.63) is 27.2 Å². The Morgan fingerprint density at radius 1 is 1.58 bits per heavy atom. The number of carbonyl (C=O) groups excluding carboxylic acids is 1. The lowest BCUT2D eigenvalue weighted by Crippen LogP contribution is -1.96. The molecule has 0 saturated carbocycles. The van der Waals surface area contributed by atoms with Crippen molar-refractivity contribution < 1.29 is 4.79 Å². The highest BCUT2D eigenvalue weighted by Gasteiger charge is 2.02. The van der Waals surface area contributed by atoms with Crippen LogP contribution < -0.4 is 5.32 Å². The molecule has 0 aliphatic heterocycles. The minimum absolute atomic E-state index is 0.642. The van der Waals surface area contributed by atoms with Crippen LogP contribution >= 0.6 is 27.5 Å². The van der Waals surface area contributed by atoms with Crippen LogP contribution in [0.1, 0.15) is 5.56 Å². The SMILES string of the molecule is Cc1cc(Cl)c(Br)cc1NC=O. The number of benzene rings is 1. The van der Waals surface area contributed by atoms with E-state index in [-0.39, 0.29) is 0 Å². The molecule has 0 heterocycles. The highest BCUT2D eigenvalue weighted by atomic mass is 79.9. The third-order valence-corrected chi connectivity index (χ3v) is 2.68. The second-order valence-corrected chi connectivity index (χ2v) is 3.60. The number of nitrogens with one attached hydrogen (secondary N) is 1. The number of amides is 1. The van der Waals surface area contributed by atoms with Gasteiger partial charge in [0.2, 0.25) is 6.41 Å². The molecule has 1 amide bonds. The van der Waals surface area contributed by atoms with E-state index in [4.69, 9.17) is 11.6 Å². The molecular weight excluding hydrogens is 241 g/mol. The minimum Gasteiger partial charge on any atom is -0.328 e. The van der Waals surface area contributed by atoms with Gasteiger partial charge in [-0.3, -0.25) is 4.79 Å². The summed E-state index contributed by atoms with van der Waals surface area (Å²) >= 11 is 9.09. The molecule has 0 fully saturated rings. The Kier molecular flexibility index (Phi) is 3.12. The van der Waals surface area contributed by atoms with Gasteiger partial charge in [-0.05, 0) is 40.5 Å². The Bertz CT molecular complexity index is 314. The largest absolute Gasteiger partial charge is 0.328 e. The molecule has 0 radical (unpaired) electrons. The summed E-state index contributed by atoms with van der Waals surface area (Å²) in [6, 6.07) is 3.56. The van der Waals surface area contributed by atoms with Gasteiger partial charge in [-0.1, -0.05) is 11.6 Å². The number of rotatable bonds is 2. The average molecular weight is 249 g/mol. The Balaban J connectivity index is 3.13. The van der Waals surface area contributed by atoms with Gasteiger partial charge in [0.1, 0.15) is 0 Å². The first-order chi connectivity index (χ1) is 5.65. The van der Waals surface area contributed by atoms with Crippen molar-refractivity contribution in [1.29, 1.82) is 0 Å². The van der Waals surface area contributed by atoms with Crippen LogP contribution in [0.5, 0.6) is 0 Å². The molecule has 0 spiro atoms. The standard InChI is InChI=1S/C8H7BrClNO/c1-5-2-7(10)6(9)3-8(5)11-4-12/h2-4H,1H3,(H,11,12). The van der Waals surface area contributed by atoms with E-state index in [1.54, 1.807) is 12.1 Å². The van der Waals surface area contributed by atoms with Gasteiger partial charge in [0.05, 0.1) is 5.02 Å². The maximum absolute atomic E-state index is 10.2. The molecule has 1 aromatic carbocycles. The molecule has 0 bridgehead atoms.